The summed E-state index contributed by atoms with van der Waals surface area (Å²) in [5.41, 5.74) is 4.87. The Kier molecular flexibility index (Phi) is 3.47. The van der Waals surface area contributed by atoms with Gasteiger partial charge < -0.3 is 5.32 Å². The van der Waals surface area contributed by atoms with Crippen molar-refractivity contribution >= 4 is 17.4 Å². The van der Waals surface area contributed by atoms with E-state index in [0.29, 0.717) is 5.92 Å². The van der Waals surface area contributed by atoms with Crippen LogP contribution in [0, 0.1) is 12.8 Å². The van der Waals surface area contributed by atoms with E-state index in [2.05, 4.69) is 26.1 Å². The Morgan fingerprint density at radius 3 is 2.90 bits per heavy atom. The zero-order valence-electron chi connectivity index (χ0n) is 12.2. The minimum atomic E-state index is 0.620. The summed E-state index contributed by atoms with van der Waals surface area (Å²) in [6.45, 7) is 7.56. The van der Waals surface area contributed by atoms with Crippen LogP contribution in [0.25, 0.3) is 5.69 Å². The lowest BCUT2D eigenvalue weighted by Crippen LogP contribution is -2.07. The van der Waals surface area contributed by atoms with Gasteiger partial charge in [-0.25, -0.2) is 4.68 Å². The van der Waals surface area contributed by atoms with Crippen LogP contribution in [0.4, 0.5) is 5.82 Å². The molecule has 1 aliphatic rings. The maximum atomic E-state index is 6.05. The highest BCUT2D eigenvalue weighted by molar-refractivity contribution is 6.30. The maximum absolute atomic E-state index is 6.05. The average molecular weight is 290 g/mol. The predicted molar refractivity (Wildman–Crippen MR) is 84.0 cm³/mol. The first kappa shape index (κ1) is 13.5. The fourth-order valence-electron chi connectivity index (χ4n) is 2.83. The highest BCUT2D eigenvalue weighted by atomic mass is 35.5. The van der Waals surface area contributed by atoms with Gasteiger partial charge in [0.25, 0.3) is 0 Å². The molecule has 0 unspecified atom stereocenters. The van der Waals surface area contributed by atoms with Crippen molar-refractivity contribution in [1.29, 1.82) is 0 Å². The highest BCUT2D eigenvalue weighted by Crippen LogP contribution is 2.31. The van der Waals surface area contributed by atoms with E-state index >= 15 is 0 Å². The summed E-state index contributed by atoms with van der Waals surface area (Å²) in [6.07, 6.45) is 2.10. The van der Waals surface area contributed by atoms with E-state index in [1.54, 1.807) is 0 Å². The van der Waals surface area contributed by atoms with Gasteiger partial charge in [0.15, 0.2) is 0 Å². The molecule has 1 N–H and O–H groups in total. The molecule has 2 heterocycles. The van der Waals surface area contributed by atoms with Crippen molar-refractivity contribution in [3.05, 3.63) is 40.0 Å². The van der Waals surface area contributed by atoms with E-state index in [1.165, 1.54) is 11.3 Å². The van der Waals surface area contributed by atoms with Gasteiger partial charge in [0.05, 0.1) is 11.4 Å². The highest BCUT2D eigenvalue weighted by Gasteiger charge is 2.23. The molecule has 0 aliphatic carbocycles. The predicted octanol–water partition coefficient (Wildman–Crippen LogP) is 4.00. The molecule has 4 heteroatoms. The molecule has 0 amide bonds. The number of rotatable bonds is 3. The number of nitrogens with zero attached hydrogens (tertiary/aromatic N) is 2. The first-order valence-electron chi connectivity index (χ1n) is 7.17. The number of aromatic nitrogens is 2. The standard InChI is InChI=1S/C16H20ClN3/c1-10(2)8-14-13-6-7-18-16(13)20(19-14)15-5-4-12(17)9-11(15)3/h4-5,9-10,18H,6-8H2,1-3H3. The summed E-state index contributed by atoms with van der Waals surface area (Å²) >= 11 is 6.05. The Balaban J connectivity index is 2.10. The fourth-order valence-corrected chi connectivity index (χ4v) is 3.05. The Labute approximate surface area is 124 Å². The summed E-state index contributed by atoms with van der Waals surface area (Å²) in [7, 11) is 0. The number of halogens is 1. The molecule has 0 spiro atoms. The first-order valence-corrected chi connectivity index (χ1v) is 7.55. The Hall–Kier alpha value is -1.48. The zero-order valence-corrected chi connectivity index (χ0v) is 13.0. The van der Waals surface area contributed by atoms with Gasteiger partial charge in [-0.15, -0.1) is 0 Å². The zero-order chi connectivity index (χ0) is 14.3. The number of fused-ring (bicyclic) bond motifs is 1. The minimum Gasteiger partial charge on any atom is -0.369 e. The molecule has 2 aromatic rings. The van der Waals surface area contributed by atoms with Gasteiger partial charge in [0.1, 0.15) is 5.82 Å². The van der Waals surface area contributed by atoms with Crippen LogP contribution in [0.5, 0.6) is 0 Å². The third kappa shape index (κ3) is 2.31. The molecule has 3 nitrogen and oxygen atoms in total. The third-order valence-electron chi connectivity index (χ3n) is 3.72. The van der Waals surface area contributed by atoms with E-state index in [-0.39, 0.29) is 0 Å². The number of nitrogens with one attached hydrogen (secondary N) is 1. The lowest BCUT2D eigenvalue weighted by molar-refractivity contribution is 0.624. The average Bonchev–Trinajstić information content (AvgIpc) is 2.93. The number of anilines is 1. The van der Waals surface area contributed by atoms with Gasteiger partial charge in [-0.2, -0.15) is 5.10 Å². The van der Waals surface area contributed by atoms with Gasteiger partial charge in [0, 0.05) is 17.1 Å². The second-order valence-electron chi connectivity index (χ2n) is 5.89. The first-order chi connectivity index (χ1) is 9.56. The molecule has 0 fully saturated rings. The van der Waals surface area contributed by atoms with E-state index in [1.807, 2.05) is 22.9 Å². The molecule has 1 aromatic carbocycles. The third-order valence-corrected chi connectivity index (χ3v) is 3.96. The topological polar surface area (TPSA) is 29.9 Å². The minimum absolute atomic E-state index is 0.620. The van der Waals surface area contributed by atoms with E-state index in [9.17, 15) is 0 Å². The van der Waals surface area contributed by atoms with Crippen molar-refractivity contribution in [2.45, 2.75) is 33.6 Å². The van der Waals surface area contributed by atoms with Gasteiger partial charge in [-0.05, 0) is 49.4 Å². The maximum Gasteiger partial charge on any atom is 0.133 e. The molecule has 0 radical (unpaired) electrons. The van der Waals surface area contributed by atoms with E-state index < -0.39 is 0 Å². The van der Waals surface area contributed by atoms with Gasteiger partial charge in [0.2, 0.25) is 0 Å². The Morgan fingerprint density at radius 2 is 2.20 bits per heavy atom. The van der Waals surface area contributed by atoms with Gasteiger partial charge in [-0.3, -0.25) is 0 Å². The second kappa shape index (κ2) is 5.13. The Morgan fingerprint density at radius 1 is 1.40 bits per heavy atom. The summed E-state index contributed by atoms with van der Waals surface area (Å²) in [5.74, 6) is 1.78. The summed E-state index contributed by atoms with van der Waals surface area (Å²) in [4.78, 5) is 0. The van der Waals surface area contributed by atoms with Crippen molar-refractivity contribution in [2.24, 2.45) is 5.92 Å². The molecule has 20 heavy (non-hydrogen) atoms. The van der Waals surface area contributed by atoms with Crippen LogP contribution in [0.3, 0.4) is 0 Å². The lowest BCUT2D eigenvalue weighted by atomic mass is 10.0. The molecule has 1 aliphatic heterocycles. The molecular formula is C16H20ClN3. The summed E-state index contributed by atoms with van der Waals surface area (Å²) in [6, 6.07) is 5.96. The van der Waals surface area contributed by atoms with Crippen molar-refractivity contribution in [1.82, 2.24) is 9.78 Å². The van der Waals surface area contributed by atoms with Crippen LogP contribution in [-0.4, -0.2) is 16.3 Å². The SMILES string of the molecule is Cc1cc(Cl)ccc1-n1nc(CC(C)C)c2c1NCC2. The van der Waals surface area contributed by atoms with Gasteiger partial charge in [-0.1, -0.05) is 25.4 Å². The fraction of sp³-hybridized carbons (Fsp3) is 0.438. The molecule has 1 aromatic heterocycles. The van der Waals surface area contributed by atoms with Crippen LogP contribution >= 0.6 is 11.6 Å². The molecule has 0 saturated heterocycles. The molecule has 0 saturated carbocycles. The number of aryl methyl sites for hydroxylation is 1. The van der Waals surface area contributed by atoms with Crippen molar-refractivity contribution in [2.75, 3.05) is 11.9 Å². The van der Waals surface area contributed by atoms with Crippen molar-refractivity contribution in [3.63, 3.8) is 0 Å². The van der Waals surface area contributed by atoms with Crippen LogP contribution in [0.2, 0.25) is 5.02 Å². The smallest absolute Gasteiger partial charge is 0.133 e. The molecular weight excluding hydrogens is 270 g/mol. The van der Waals surface area contributed by atoms with E-state index in [0.717, 1.165) is 41.5 Å². The number of hydrogen-bond donors (Lipinski definition) is 1. The van der Waals surface area contributed by atoms with E-state index in [4.69, 9.17) is 16.7 Å². The molecule has 3 rings (SSSR count). The normalized spacial score (nSPS) is 13.7. The lowest BCUT2D eigenvalue weighted by Gasteiger charge is -2.10. The van der Waals surface area contributed by atoms with Crippen molar-refractivity contribution < 1.29 is 0 Å². The summed E-state index contributed by atoms with van der Waals surface area (Å²) in [5, 5.41) is 9.08. The van der Waals surface area contributed by atoms with Crippen LogP contribution in [0.15, 0.2) is 18.2 Å². The molecule has 0 atom stereocenters. The number of benzene rings is 1. The van der Waals surface area contributed by atoms with Crippen LogP contribution in [0.1, 0.15) is 30.7 Å². The van der Waals surface area contributed by atoms with Crippen LogP contribution < -0.4 is 5.32 Å². The largest absolute Gasteiger partial charge is 0.369 e. The Bertz CT molecular complexity index is 643. The molecule has 106 valence electrons. The van der Waals surface area contributed by atoms with Crippen molar-refractivity contribution in [3.8, 4) is 5.69 Å². The monoisotopic (exact) mass is 289 g/mol. The second-order valence-corrected chi connectivity index (χ2v) is 6.33. The summed E-state index contributed by atoms with van der Waals surface area (Å²) < 4.78 is 2.05. The van der Waals surface area contributed by atoms with Crippen LogP contribution in [-0.2, 0) is 12.8 Å². The molecule has 0 bridgehead atoms. The quantitative estimate of drug-likeness (QED) is 0.925. The van der Waals surface area contributed by atoms with Gasteiger partial charge >= 0.3 is 0 Å². The number of hydrogen-bond acceptors (Lipinski definition) is 2.